The molecule has 0 saturated heterocycles. The summed E-state index contributed by atoms with van der Waals surface area (Å²) in [7, 11) is 0. The van der Waals surface area contributed by atoms with Gasteiger partial charge in [-0.2, -0.15) is 0 Å². The third-order valence-corrected chi connectivity index (χ3v) is 6.08. The maximum absolute atomic E-state index is 12.4. The molecule has 0 saturated carbocycles. The molecular weight excluding hydrogens is 432 g/mol. The highest BCUT2D eigenvalue weighted by atomic mass is 79.9. The number of aryl methyl sites for hydroxylation is 1. The number of hydrogen-bond donors (Lipinski definition) is 2. The SMILES string of the molecule is CCC1CCCc2[nH]c(C=C3C(=O)Nc4c(Br)cc(Br)cc43)cc21. The molecule has 0 fully saturated rings. The van der Waals surface area contributed by atoms with Gasteiger partial charge in [0.15, 0.2) is 0 Å². The Morgan fingerprint density at radius 2 is 2.12 bits per heavy atom. The first-order chi connectivity index (χ1) is 11.6. The predicted octanol–water partition coefficient (Wildman–Crippen LogP) is 5.86. The molecule has 124 valence electrons. The van der Waals surface area contributed by atoms with Gasteiger partial charge in [0.1, 0.15) is 0 Å². The lowest BCUT2D eigenvalue weighted by atomic mass is 9.85. The van der Waals surface area contributed by atoms with Crippen molar-refractivity contribution in [3.8, 4) is 0 Å². The molecule has 2 aromatic rings. The number of carbonyl (C=O) groups excluding carboxylic acids is 1. The number of aromatic amines is 1. The second kappa shape index (κ2) is 6.19. The van der Waals surface area contributed by atoms with Crippen molar-refractivity contribution in [3.63, 3.8) is 0 Å². The molecule has 2 aliphatic rings. The molecule has 3 nitrogen and oxygen atoms in total. The van der Waals surface area contributed by atoms with Gasteiger partial charge in [0.05, 0.1) is 11.3 Å². The normalized spacial score (nSPS) is 20.9. The summed E-state index contributed by atoms with van der Waals surface area (Å²) in [5, 5.41) is 2.96. The Balaban J connectivity index is 1.78. The molecule has 2 heterocycles. The number of halogens is 2. The summed E-state index contributed by atoms with van der Waals surface area (Å²) in [6.07, 6.45) is 6.76. The summed E-state index contributed by atoms with van der Waals surface area (Å²) in [5.41, 5.74) is 6.28. The number of fused-ring (bicyclic) bond motifs is 2. The van der Waals surface area contributed by atoms with Gasteiger partial charge in [-0.25, -0.2) is 0 Å². The van der Waals surface area contributed by atoms with E-state index in [0.717, 1.165) is 32.3 Å². The summed E-state index contributed by atoms with van der Waals surface area (Å²) >= 11 is 7.03. The van der Waals surface area contributed by atoms with E-state index < -0.39 is 0 Å². The van der Waals surface area contributed by atoms with E-state index in [1.54, 1.807) is 0 Å². The van der Waals surface area contributed by atoms with E-state index in [9.17, 15) is 4.79 Å². The molecule has 1 aromatic carbocycles. The number of anilines is 1. The molecule has 1 aliphatic heterocycles. The van der Waals surface area contributed by atoms with Crippen LogP contribution in [0.4, 0.5) is 5.69 Å². The predicted molar refractivity (Wildman–Crippen MR) is 105 cm³/mol. The Bertz CT molecular complexity index is 866. The molecule has 1 atom stereocenters. The van der Waals surface area contributed by atoms with Crippen LogP contribution in [0.25, 0.3) is 11.6 Å². The molecule has 5 heteroatoms. The first-order valence-electron chi connectivity index (χ1n) is 8.31. The highest BCUT2D eigenvalue weighted by molar-refractivity contribution is 9.11. The number of carbonyl (C=O) groups is 1. The number of aromatic nitrogens is 1. The first-order valence-corrected chi connectivity index (χ1v) is 9.89. The van der Waals surface area contributed by atoms with E-state index >= 15 is 0 Å². The zero-order chi connectivity index (χ0) is 16.8. The van der Waals surface area contributed by atoms with Gasteiger partial charge in [-0.3, -0.25) is 4.79 Å². The van der Waals surface area contributed by atoms with Crippen LogP contribution in [0.15, 0.2) is 27.1 Å². The van der Waals surface area contributed by atoms with E-state index in [-0.39, 0.29) is 5.91 Å². The molecular formula is C19H18Br2N2O. The molecule has 1 aromatic heterocycles. The van der Waals surface area contributed by atoms with E-state index in [0.29, 0.717) is 11.5 Å². The highest BCUT2D eigenvalue weighted by Crippen LogP contribution is 2.41. The van der Waals surface area contributed by atoms with Crippen LogP contribution in [0.3, 0.4) is 0 Å². The molecule has 4 rings (SSSR count). The molecule has 0 bridgehead atoms. The van der Waals surface area contributed by atoms with Crippen molar-refractivity contribution in [2.75, 3.05) is 5.32 Å². The van der Waals surface area contributed by atoms with Gasteiger partial charge < -0.3 is 10.3 Å². The van der Waals surface area contributed by atoms with Crippen LogP contribution in [-0.2, 0) is 11.2 Å². The Kier molecular flexibility index (Phi) is 4.17. The van der Waals surface area contributed by atoms with E-state index in [1.165, 1.54) is 30.5 Å². The van der Waals surface area contributed by atoms with E-state index in [4.69, 9.17) is 0 Å². The lowest BCUT2D eigenvalue weighted by Gasteiger charge is -2.20. The number of benzene rings is 1. The van der Waals surface area contributed by atoms with Crippen molar-refractivity contribution in [1.82, 2.24) is 4.98 Å². The zero-order valence-corrected chi connectivity index (χ0v) is 16.6. The first kappa shape index (κ1) is 16.2. The Morgan fingerprint density at radius 3 is 2.92 bits per heavy atom. The Hall–Kier alpha value is -1.33. The lowest BCUT2D eigenvalue weighted by molar-refractivity contribution is -0.110. The second-order valence-electron chi connectivity index (χ2n) is 6.48. The fourth-order valence-corrected chi connectivity index (χ4v) is 5.13. The maximum Gasteiger partial charge on any atom is 0.256 e. The largest absolute Gasteiger partial charge is 0.359 e. The van der Waals surface area contributed by atoms with Gasteiger partial charge in [0, 0.05) is 25.9 Å². The zero-order valence-electron chi connectivity index (χ0n) is 13.4. The van der Waals surface area contributed by atoms with Gasteiger partial charge in [0.25, 0.3) is 5.91 Å². The van der Waals surface area contributed by atoms with Crippen molar-refractivity contribution in [3.05, 3.63) is 49.7 Å². The molecule has 1 amide bonds. The minimum Gasteiger partial charge on any atom is -0.359 e. The number of amides is 1. The van der Waals surface area contributed by atoms with Crippen LogP contribution < -0.4 is 5.32 Å². The van der Waals surface area contributed by atoms with Crippen molar-refractivity contribution in [1.29, 1.82) is 0 Å². The van der Waals surface area contributed by atoms with Gasteiger partial charge in [-0.1, -0.05) is 22.9 Å². The van der Waals surface area contributed by atoms with Crippen LogP contribution >= 0.6 is 31.9 Å². The van der Waals surface area contributed by atoms with Gasteiger partial charge in [-0.05, 0) is 77.4 Å². The molecule has 1 unspecified atom stereocenters. The lowest BCUT2D eigenvalue weighted by Crippen LogP contribution is -2.07. The van der Waals surface area contributed by atoms with E-state index in [1.807, 2.05) is 18.2 Å². The van der Waals surface area contributed by atoms with Crippen molar-refractivity contribution >= 4 is 55.1 Å². The molecule has 2 N–H and O–H groups in total. The minimum atomic E-state index is -0.0524. The Morgan fingerprint density at radius 1 is 1.29 bits per heavy atom. The Labute approximate surface area is 158 Å². The second-order valence-corrected chi connectivity index (χ2v) is 8.25. The molecule has 1 aliphatic carbocycles. The summed E-state index contributed by atoms with van der Waals surface area (Å²) in [5.74, 6) is 0.591. The van der Waals surface area contributed by atoms with Crippen LogP contribution in [0.2, 0.25) is 0 Å². The fraction of sp³-hybridized carbons (Fsp3) is 0.316. The van der Waals surface area contributed by atoms with Crippen molar-refractivity contribution in [2.24, 2.45) is 0 Å². The van der Waals surface area contributed by atoms with Crippen LogP contribution in [0, 0.1) is 0 Å². The van der Waals surface area contributed by atoms with Gasteiger partial charge >= 0.3 is 0 Å². The standard InChI is InChI=1S/C19H18Br2N2O/c1-2-10-4-3-5-17-13(10)8-12(22-17)9-15-14-6-11(20)7-16(21)18(14)23-19(15)24/h6-10,22H,2-5H2,1H3,(H,23,24). The van der Waals surface area contributed by atoms with Crippen LogP contribution in [-0.4, -0.2) is 10.9 Å². The monoisotopic (exact) mass is 448 g/mol. The molecule has 0 spiro atoms. The average Bonchev–Trinajstić information content (AvgIpc) is 3.09. The van der Waals surface area contributed by atoms with Crippen LogP contribution in [0.1, 0.15) is 54.6 Å². The maximum atomic E-state index is 12.4. The highest BCUT2D eigenvalue weighted by Gasteiger charge is 2.27. The topological polar surface area (TPSA) is 44.9 Å². The number of hydrogen-bond acceptors (Lipinski definition) is 1. The van der Waals surface area contributed by atoms with Crippen molar-refractivity contribution < 1.29 is 4.79 Å². The smallest absolute Gasteiger partial charge is 0.256 e. The fourth-order valence-electron chi connectivity index (χ4n) is 3.81. The quantitative estimate of drug-likeness (QED) is 0.554. The summed E-state index contributed by atoms with van der Waals surface area (Å²) < 4.78 is 1.84. The molecule has 24 heavy (non-hydrogen) atoms. The molecule has 0 radical (unpaired) electrons. The minimum absolute atomic E-state index is 0.0524. The van der Waals surface area contributed by atoms with E-state index in [2.05, 4.69) is 55.2 Å². The number of nitrogens with one attached hydrogen (secondary N) is 2. The average molecular weight is 450 g/mol. The summed E-state index contributed by atoms with van der Waals surface area (Å²) in [4.78, 5) is 16.0. The van der Waals surface area contributed by atoms with Crippen LogP contribution in [0.5, 0.6) is 0 Å². The third kappa shape index (κ3) is 2.68. The summed E-state index contributed by atoms with van der Waals surface area (Å²) in [6, 6.07) is 6.16. The van der Waals surface area contributed by atoms with Gasteiger partial charge in [-0.15, -0.1) is 0 Å². The summed E-state index contributed by atoms with van der Waals surface area (Å²) in [6.45, 7) is 2.25. The van der Waals surface area contributed by atoms with Crippen molar-refractivity contribution in [2.45, 2.75) is 38.5 Å². The number of H-pyrrole nitrogens is 1. The number of rotatable bonds is 2. The third-order valence-electron chi connectivity index (χ3n) is 4.99. The van der Waals surface area contributed by atoms with Gasteiger partial charge in [0.2, 0.25) is 0 Å².